The van der Waals surface area contributed by atoms with Crippen molar-refractivity contribution >= 4 is 50.9 Å². The normalized spacial score (nSPS) is 18.0. The van der Waals surface area contributed by atoms with Crippen LogP contribution in [0.4, 0.5) is 0 Å². The first-order valence-electron chi connectivity index (χ1n) is 11.0. The second-order valence-corrected chi connectivity index (χ2v) is 9.33. The Hall–Kier alpha value is -3.10. The number of carbonyl (C=O) groups excluding carboxylic acids is 1. The molecule has 4 aromatic rings. The standard InChI is InChI=1S/C24H22Cl2N4O4/c1-12-20-22(29-34-12)21-16(25)4-3-5-17(21)30(24(20)32)15-7-6-13(8-15)11-27-23(31)14-9-18(26)28-19(10-14)33-2/h3-5,9-10,13,15H,6-8,11H2,1-2H3,(H,27,31). The van der Waals surface area contributed by atoms with Gasteiger partial charge in [-0.15, -0.1) is 0 Å². The predicted molar refractivity (Wildman–Crippen MR) is 130 cm³/mol. The average Bonchev–Trinajstić information content (AvgIpc) is 3.44. The molecule has 1 aliphatic rings. The minimum atomic E-state index is -0.248. The van der Waals surface area contributed by atoms with Crippen molar-refractivity contribution in [1.82, 2.24) is 20.0 Å². The van der Waals surface area contributed by atoms with Gasteiger partial charge in [0.15, 0.2) is 0 Å². The number of nitrogens with one attached hydrogen (secondary N) is 1. The maximum absolute atomic E-state index is 13.5. The molecule has 8 nitrogen and oxygen atoms in total. The molecule has 1 fully saturated rings. The molecule has 5 rings (SSSR count). The molecule has 2 unspecified atom stereocenters. The molecule has 3 aromatic heterocycles. The van der Waals surface area contributed by atoms with E-state index >= 15 is 0 Å². The van der Waals surface area contributed by atoms with E-state index in [0.29, 0.717) is 33.8 Å². The molecule has 176 valence electrons. The second-order valence-electron chi connectivity index (χ2n) is 8.54. The average molecular weight is 501 g/mol. The maximum Gasteiger partial charge on any atom is 0.264 e. The van der Waals surface area contributed by atoms with Crippen molar-refractivity contribution in [3.63, 3.8) is 0 Å². The Morgan fingerprint density at radius 1 is 1.26 bits per heavy atom. The van der Waals surface area contributed by atoms with Crippen molar-refractivity contribution in [2.24, 2.45) is 5.92 Å². The lowest BCUT2D eigenvalue weighted by molar-refractivity contribution is 0.0946. The van der Waals surface area contributed by atoms with E-state index in [1.807, 2.05) is 16.7 Å². The highest BCUT2D eigenvalue weighted by molar-refractivity contribution is 6.37. The Labute approximate surface area is 204 Å². The first kappa shape index (κ1) is 22.7. The fourth-order valence-corrected chi connectivity index (χ4v) is 5.31. The molecule has 0 saturated heterocycles. The molecule has 0 radical (unpaired) electrons. The number of hydrogen-bond acceptors (Lipinski definition) is 6. The van der Waals surface area contributed by atoms with E-state index in [1.165, 1.54) is 13.2 Å². The fraction of sp³-hybridized carbons (Fsp3) is 0.333. The van der Waals surface area contributed by atoms with Gasteiger partial charge < -0.3 is 19.1 Å². The number of amides is 1. The first-order valence-corrected chi connectivity index (χ1v) is 11.7. The van der Waals surface area contributed by atoms with Crippen molar-refractivity contribution < 1.29 is 14.1 Å². The number of pyridine rings is 2. The van der Waals surface area contributed by atoms with Crippen LogP contribution in [-0.2, 0) is 0 Å². The Balaban J connectivity index is 1.39. The van der Waals surface area contributed by atoms with Gasteiger partial charge >= 0.3 is 0 Å². The molecular formula is C24H22Cl2N4O4. The van der Waals surface area contributed by atoms with Crippen molar-refractivity contribution in [3.05, 3.63) is 62.2 Å². The Morgan fingerprint density at radius 2 is 2.09 bits per heavy atom. The SMILES string of the molecule is COc1cc(C(=O)NCC2CCC(n3c(=O)c4c(C)onc4c4c(Cl)cccc43)C2)cc(Cl)n1. The van der Waals surface area contributed by atoms with Crippen molar-refractivity contribution in [2.45, 2.75) is 32.2 Å². The smallest absolute Gasteiger partial charge is 0.264 e. The molecule has 1 amide bonds. The van der Waals surface area contributed by atoms with Crippen molar-refractivity contribution in [2.75, 3.05) is 13.7 Å². The highest BCUT2D eigenvalue weighted by Crippen LogP contribution is 2.38. The number of hydrogen-bond donors (Lipinski definition) is 1. The van der Waals surface area contributed by atoms with Crippen LogP contribution in [-0.4, -0.2) is 34.3 Å². The number of nitrogens with zero attached hydrogens (tertiary/aromatic N) is 3. The minimum absolute atomic E-state index is 0.0236. The van der Waals surface area contributed by atoms with Gasteiger partial charge in [-0.25, -0.2) is 4.98 Å². The molecule has 1 aromatic carbocycles. The molecule has 10 heteroatoms. The van der Waals surface area contributed by atoms with Crippen molar-refractivity contribution in [1.29, 1.82) is 0 Å². The summed E-state index contributed by atoms with van der Waals surface area (Å²) in [5, 5.41) is 8.97. The van der Waals surface area contributed by atoms with E-state index in [2.05, 4.69) is 15.5 Å². The lowest BCUT2D eigenvalue weighted by atomic mass is 10.1. The fourth-order valence-electron chi connectivity index (χ4n) is 4.85. The summed E-state index contributed by atoms with van der Waals surface area (Å²) in [6.45, 7) is 2.22. The number of aryl methyl sites for hydroxylation is 1. The summed E-state index contributed by atoms with van der Waals surface area (Å²) >= 11 is 12.5. The summed E-state index contributed by atoms with van der Waals surface area (Å²) < 4.78 is 12.2. The molecule has 34 heavy (non-hydrogen) atoms. The van der Waals surface area contributed by atoms with Crippen LogP contribution in [0.1, 0.15) is 41.4 Å². The van der Waals surface area contributed by atoms with Crippen LogP contribution in [0.5, 0.6) is 5.88 Å². The van der Waals surface area contributed by atoms with Gasteiger partial charge in [-0.05, 0) is 50.3 Å². The summed E-state index contributed by atoms with van der Waals surface area (Å²) in [7, 11) is 1.47. The summed E-state index contributed by atoms with van der Waals surface area (Å²) in [6.07, 6.45) is 2.44. The minimum Gasteiger partial charge on any atom is -0.481 e. The Morgan fingerprint density at radius 3 is 2.88 bits per heavy atom. The number of benzene rings is 1. The van der Waals surface area contributed by atoms with E-state index in [4.69, 9.17) is 32.5 Å². The molecular weight excluding hydrogens is 479 g/mol. The van der Waals surface area contributed by atoms with E-state index in [0.717, 1.165) is 30.2 Å². The van der Waals surface area contributed by atoms with Crippen LogP contribution in [0.15, 0.2) is 39.6 Å². The molecule has 1 aliphatic carbocycles. The summed E-state index contributed by atoms with van der Waals surface area (Å²) in [5.74, 6) is 0.724. The molecule has 1 saturated carbocycles. The molecule has 2 atom stereocenters. The highest BCUT2D eigenvalue weighted by atomic mass is 35.5. The summed E-state index contributed by atoms with van der Waals surface area (Å²) in [5.41, 5.74) is 1.49. The lowest BCUT2D eigenvalue weighted by Gasteiger charge is -2.19. The van der Waals surface area contributed by atoms with Crippen molar-refractivity contribution in [3.8, 4) is 5.88 Å². The summed E-state index contributed by atoms with van der Waals surface area (Å²) in [6, 6.07) is 8.54. The number of aromatic nitrogens is 3. The zero-order valence-corrected chi connectivity index (χ0v) is 20.1. The topological polar surface area (TPSA) is 99.2 Å². The van der Waals surface area contributed by atoms with Gasteiger partial charge in [-0.3, -0.25) is 9.59 Å². The third kappa shape index (κ3) is 3.91. The number of fused-ring (bicyclic) bond motifs is 3. The zero-order valence-electron chi connectivity index (χ0n) is 18.6. The molecule has 0 bridgehead atoms. The van der Waals surface area contributed by atoms with Gasteiger partial charge in [0.05, 0.1) is 17.6 Å². The number of ether oxygens (including phenoxy) is 1. The van der Waals surface area contributed by atoms with E-state index in [-0.39, 0.29) is 34.5 Å². The second kappa shape index (κ2) is 8.92. The van der Waals surface area contributed by atoms with Crippen LogP contribution in [0.3, 0.4) is 0 Å². The number of methoxy groups -OCH3 is 1. The van der Waals surface area contributed by atoms with Crippen LogP contribution in [0.2, 0.25) is 10.2 Å². The largest absolute Gasteiger partial charge is 0.481 e. The van der Waals surface area contributed by atoms with E-state index in [1.54, 1.807) is 19.1 Å². The quantitative estimate of drug-likeness (QED) is 0.390. The van der Waals surface area contributed by atoms with Gasteiger partial charge in [-0.2, -0.15) is 0 Å². The third-order valence-corrected chi connectivity index (χ3v) is 6.96. The molecule has 0 aliphatic heterocycles. The maximum atomic E-state index is 13.5. The molecule has 1 N–H and O–H groups in total. The van der Waals surface area contributed by atoms with Crippen LogP contribution < -0.4 is 15.6 Å². The molecule has 0 spiro atoms. The zero-order chi connectivity index (χ0) is 24.0. The highest BCUT2D eigenvalue weighted by Gasteiger charge is 2.30. The van der Waals surface area contributed by atoms with Gasteiger partial charge in [0.2, 0.25) is 5.88 Å². The van der Waals surface area contributed by atoms with E-state index < -0.39 is 0 Å². The first-order chi connectivity index (χ1) is 16.4. The van der Waals surface area contributed by atoms with Gasteiger partial charge in [0.25, 0.3) is 11.5 Å². The summed E-state index contributed by atoms with van der Waals surface area (Å²) in [4.78, 5) is 30.1. The number of rotatable bonds is 5. The predicted octanol–water partition coefficient (Wildman–Crippen LogP) is 4.93. The van der Waals surface area contributed by atoms with Crippen LogP contribution >= 0.6 is 23.2 Å². The van der Waals surface area contributed by atoms with Gasteiger partial charge in [-0.1, -0.05) is 34.4 Å². The number of halogens is 2. The van der Waals surface area contributed by atoms with E-state index in [9.17, 15) is 9.59 Å². The third-order valence-electron chi connectivity index (χ3n) is 6.46. The van der Waals surface area contributed by atoms with Crippen LogP contribution in [0, 0.1) is 12.8 Å². The Bertz CT molecular complexity index is 1480. The lowest BCUT2D eigenvalue weighted by Crippen LogP contribution is -2.29. The van der Waals surface area contributed by atoms with Crippen LogP contribution in [0.25, 0.3) is 21.8 Å². The molecule has 3 heterocycles. The van der Waals surface area contributed by atoms with Gasteiger partial charge in [0.1, 0.15) is 21.8 Å². The number of carbonyl (C=O) groups is 1. The Kier molecular flexibility index (Phi) is 5.95. The monoisotopic (exact) mass is 500 g/mol. The van der Waals surface area contributed by atoms with Gasteiger partial charge in [0, 0.05) is 29.6 Å².